The van der Waals surface area contributed by atoms with E-state index in [2.05, 4.69) is 58.5 Å². The van der Waals surface area contributed by atoms with Gasteiger partial charge >= 0.3 is 5.97 Å². The lowest BCUT2D eigenvalue weighted by molar-refractivity contribution is -0.0678. The molecule has 54 heavy (non-hydrogen) atoms. The predicted octanol–water partition coefficient (Wildman–Crippen LogP) is 9.74. The van der Waals surface area contributed by atoms with Crippen molar-refractivity contribution < 1.29 is 14.7 Å². The van der Waals surface area contributed by atoms with Gasteiger partial charge in [0.1, 0.15) is 5.54 Å². The number of nitrogens with zero attached hydrogens (tertiary/aromatic N) is 4. The van der Waals surface area contributed by atoms with E-state index in [-0.39, 0.29) is 27.8 Å². The van der Waals surface area contributed by atoms with E-state index in [1.807, 2.05) is 37.3 Å². The summed E-state index contributed by atoms with van der Waals surface area (Å²) in [6.07, 6.45) is 8.04. The highest BCUT2D eigenvalue weighted by Crippen LogP contribution is 2.63. The number of nitroso groups, excluding NO2 is 1. The van der Waals surface area contributed by atoms with Gasteiger partial charge in [-0.2, -0.15) is 4.91 Å². The smallest absolute Gasteiger partial charge is 0.355 e. The van der Waals surface area contributed by atoms with Gasteiger partial charge in [-0.05, 0) is 97.7 Å². The molecule has 4 atom stereocenters. The average molecular weight is 744 g/mol. The van der Waals surface area contributed by atoms with Crippen LogP contribution in [0.5, 0.6) is 0 Å². The molecule has 1 amide bonds. The third-order valence-electron chi connectivity index (χ3n) is 11.5. The summed E-state index contributed by atoms with van der Waals surface area (Å²) in [4.78, 5) is 52.3. The topological polar surface area (TPSA) is 170 Å². The Morgan fingerprint density at radius 3 is 2.41 bits per heavy atom. The van der Waals surface area contributed by atoms with Crippen molar-refractivity contribution in [2.75, 3.05) is 11.9 Å². The zero-order chi connectivity index (χ0) is 38.5. The first-order valence-electron chi connectivity index (χ1n) is 18.3. The summed E-state index contributed by atoms with van der Waals surface area (Å²) in [5.74, 6) is -1.57. The predicted molar refractivity (Wildman–Crippen MR) is 215 cm³/mol. The maximum atomic E-state index is 13.5. The molecule has 2 bridgehead atoms. The van der Waals surface area contributed by atoms with E-state index in [9.17, 15) is 19.6 Å². The molecule has 2 aliphatic carbocycles. The minimum Gasteiger partial charge on any atom is -0.476 e. The summed E-state index contributed by atoms with van der Waals surface area (Å²) in [5.41, 5.74) is 3.08. The Bertz CT molecular complexity index is 2340. The van der Waals surface area contributed by atoms with Gasteiger partial charge in [-0.3, -0.25) is 15.1 Å². The van der Waals surface area contributed by atoms with Gasteiger partial charge < -0.3 is 15.8 Å². The summed E-state index contributed by atoms with van der Waals surface area (Å²) in [7, 11) is 0. The Kier molecular flexibility index (Phi) is 9.45. The van der Waals surface area contributed by atoms with Gasteiger partial charge in [-0.15, -0.1) is 0 Å². The van der Waals surface area contributed by atoms with Crippen LogP contribution in [0, 0.1) is 26.6 Å². The van der Waals surface area contributed by atoms with E-state index in [4.69, 9.17) is 5.41 Å². The number of anilines is 1. The molecule has 0 radical (unpaired) electrons. The molecule has 4 N–H and O–H groups in total. The number of hydrogen-bond acceptors (Lipinski definition) is 10. The van der Waals surface area contributed by atoms with Gasteiger partial charge in [0.2, 0.25) is 0 Å². The van der Waals surface area contributed by atoms with Crippen LogP contribution >= 0.6 is 11.3 Å². The highest BCUT2D eigenvalue weighted by atomic mass is 32.1. The Labute approximate surface area is 318 Å². The second-order valence-electron chi connectivity index (χ2n) is 16.5. The second-order valence-corrected chi connectivity index (χ2v) is 17.5. The Morgan fingerprint density at radius 1 is 0.944 bits per heavy atom. The van der Waals surface area contributed by atoms with Crippen molar-refractivity contribution in [1.82, 2.24) is 20.3 Å². The summed E-state index contributed by atoms with van der Waals surface area (Å²) < 4.78 is 0.963. The molecule has 5 aromatic rings. The van der Waals surface area contributed by atoms with Gasteiger partial charge in [0.25, 0.3) is 5.91 Å². The van der Waals surface area contributed by atoms with Crippen molar-refractivity contribution in [3.63, 3.8) is 0 Å². The number of rotatable bonds is 11. The third kappa shape index (κ3) is 7.02. The molecule has 11 nitrogen and oxygen atoms in total. The summed E-state index contributed by atoms with van der Waals surface area (Å²) in [5, 5.41) is 30.0. The Balaban J connectivity index is 1.16. The minimum atomic E-state index is -1.23. The Hall–Kier alpha value is -5.36. The molecule has 2 saturated carbocycles. The van der Waals surface area contributed by atoms with E-state index in [1.54, 1.807) is 36.5 Å². The normalized spacial score (nSPS) is 25.5. The van der Waals surface area contributed by atoms with E-state index < -0.39 is 11.5 Å². The van der Waals surface area contributed by atoms with Crippen molar-refractivity contribution in [1.29, 1.82) is 5.41 Å². The standard InChI is InChI=1S/C42H45N7O4S/c1-6-39(3)19-40(4)20-41(5,23-42(21-39,22-40)49-53)24-45-25(2)30(17-43)27-14-15-31(46-35(27)37(51)52)26-16-29-28(10-9-12-32(29)44-18-26)36(50)48-38-47-33-11-7-8-13-34(33)54-38/h7-18,43,45H,6,19-24H2,1-5H3,(H,51,52)(H,47,48,50)/b30-25+,43-17?. The molecule has 2 aliphatic rings. The van der Waals surface area contributed by atoms with Crippen LogP contribution in [-0.2, 0) is 0 Å². The number of aromatic carboxylic acids is 1. The molecule has 0 aliphatic heterocycles. The highest BCUT2D eigenvalue weighted by Gasteiger charge is 2.59. The molecule has 2 aromatic carbocycles. The zero-order valence-corrected chi connectivity index (χ0v) is 32.1. The van der Waals surface area contributed by atoms with E-state index in [0.717, 1.165) is 48.5 Å². The number of amides is 1. The second kappa shape index (κ2) is 13.8. The molecule has 0 spiro atoms. The van der Waals surface area contributed by atoms with Gasteiger partial charge in [0.15, 0.2) is 10.8 Å². The highest BCUT2D eigenvalue weighted by molar-refractivity contribution is 7.22. The molecule has 3 aromatic heterocycles. The van der Waals surface area contributed by atoms with Crippen LogP contribution in [0.4, 0.5) is 5.13 Å². The van der Waals surface area contributed by atoms with Crippen LogP contribution in [0.1, 0.15) is 99.6 Å². The van der Waals surface area contributed by atoms with Gasteiger partial charge in [0, 0.05) is 52.3 Å². The number of carboxylic acid groups (broad SMARTS) is 1. The number of allylic oxidation sites excluding steroid dienone is 2. The SMILES string of the molecule is CCC1(C)CC2(C)CC(C)(CN/C(C)=C(\C=N)c3ccc(-c4cnc5cccc(C(=O)Nc6nc7ccccc7s6)c5c4)nc3C(=O)O)CC(N=O)(C1)C2. The molecule has 12 heteroatoms. The van der Waals surface area contributed by atoms with Crippen LogP contribution in [-0.4, -0.2) is 50.2 Å². The fourth-order valence-electron chi connectivity index (χ4n) is 9.82. The number of hydrogen-bond donors (Lipinski definition) is 4. The third-order valence-corrected chi connectivity index (χ3v) is 12.5. The molecule has 278 valence electrons. The number of benzene rings is 2. The van der Waals surface area contributed by atoms with E-state index in [1.165, 1.54) is 11.3 Å². The maximum absolute atomic E-state index is 13.5. The number of para-hydroxylation sites is 1. The quantitative estimate of drug-likeness (QED) is 0.0765. The van der Waals surface area contributed by atoms with Gasteiger partial charge in [0.05, 0.1) is 21.4 Å². The number of pyridine rings is 2. The fourth-order valence-corrected chi connectivity index (χ4v) is 10.7. The summed E-state index contributed by atoms with van der Waals surface area (Å²) in [6.45, 7) is 11.4. The van der Waals surface area contributed by atoms with Crippen LogP contribution in [0.3, 0.4) is 0 Å². The number of thiazole rings is 1. The largest absolute Gasteiger partial charge is 0.476 e. The van der Waals surface area contributed by atoms with E-state index in [0.29, 0.717) is 62.7 Å². The minimum absolute atomic E-state index is 0.0115. The number of carboxylic acids is 1. The van der Waals surface area contributed by atoms with Crippen LogP contribution < -0.4 is 10.6 Å². The lowest BCUT2D eigenvalue weighted by atomic mass is 9.46. The summed E-state index contributed by atoms with van der Waals surface area (Å²) >= 11 is 1.39. The number of carbonyl (C=O) groups is 2. The molecular formula is C42H45N7O4S. The van der Waals surface area contributed by atoms with Crippen molar-refractivity contribution in [2.45, 2.75) is 78.7 Å². The number of carbonyl (C=O) groups excluding carboxylic acids is 1. The molecule has 3 heterocycles. The van der Waals surface area contributed by atoms with Crippen molar-refractivity contribution in [3.8, 4) is 11.3 Å². The maximum Gasteiger partial charge on any atom is 0.355 e. The average Bonchev–Trinajstić information content (AvgIpc) is 3.55. The lowest BCUT2D eigenvalue weighted by Crippen LogP contribution is -2.56. The molecule has 0 saturated heterocycles. The number of aromatic nitrogens is 3. The first-order valence-corrected chi connectivity index (χ1v) is 19.1. The summed E-state index contributed by atoms with van der Waals surface area (Å²) in [6, 6.07) is 18.1. The van der Waals surface area contributed by atoms with Crippen molar-refractivity contribution in [3.05, 3.63) is 94.3 Å². The van der Waals surface area contributed by atoms with Gasteiger partial charge in [-0.25, -0.2) is 14.8 Å². The van der Waals surface area contributed by atoms with Crippen LogP contribution in [0.2, 0.25) is 0 Å². The monoisotopic (exact) mass is 743 g/mol. The number of fused-ring (bicyclic) bond motifs is 4. The van der Waals surface area contributed by atoms with Crippen LogP contribution in [0.25, 0.3) is 38.0 Å². The number of nitrogens with one attached hydrogen (secondary N) is 3. The Morgan fingerprint density at radius 2 is 1.69 bits per heavy atom. The first-order chi connectivity index (χ1) is 25.7. The van der Waals surface area contributed by atoms with Gasteiger partial charge in [-0.1, -0.05) is 68.8 Å². The molecule has 4 unspecified atom stereocenters. The fraction of sp³-hybridized carbons (Fsp3) is 0.381. The van der Waals surface area contributed by atoms with E-state index >= 15 is 0 Å². The zero-order valence-electron chi connectivity index (χ0n) is 31.2. The first kappa shape index (κ1) is 37.0. The molecule has 2 fully saturated rings. The molecular weight excluding hydrogens is 699 g/mol. The van der Waals surface area contributed by atoms with Crippen molar-refractivity contribution in [2.24, 2.45) is 21.4 Å². The molecule has 7 rings (SSSR count). The lowest BCUT2D eigenvalue weighted by Gasteiger charge is -2.59. The van der Waals surface area contributed by atoms with Crippen molar-refractivity contribution >= 4 is 61.3 Å². The van der Waals surface area contributed by atoms with Crippen LogP contribution in [0.15, 0.2) is 77.7 Å².